The fourth-order valence-electron chi connectivity index (χ4n) is 3.20. The van der Waals surface area contributed by atoms with Gasteiger partial charge >= 0.3 is 0 Å². The predicted octanol–water partition coefficient (Wildman–Crippen LogP) is 4.54. The summed E-state index contributed by atoms with van der Waals surface area (Å²) in [6.07, 6.45) is 0.807. The molecule has 4 aromatic rings. The molecule has 0 unspecified atom stereocenters. The van der Waals surface area contributed by atoms with Crippen molar-refractivity contribution in [2.24, 2.45) is 5.73 Å². The first-order chi connectivity index (χ1) is 11.8. The van der Waals surface area contributed by atoms with Crippen molar-refractivity contribution in [3.05, 3.63) is 71.2 Å². The van der Waals surface area contributed by atoms with Crippen molar-refractivity contribution >= 4 is 16.3 Å². The number of nitrogens with two attached hydrogens (primary N) is 1. The lowest BCUT2D eigenvalue weighted by molar-refractivity contribution is 0.912. The number of hydrogen-bond donors (Lipinski definition) is 1. The zero-order valence-corrected chi connectivity index (χ0v) is 14.4. The SMILES string of the molecule is Cc1sc2nc(-c3ccccc3)c(CCN)n2c1-c1ccccc1. The van der Waals surface area contributed by atoms with Gasteiger partial charge < -0.3 is 5.73 Å². The highest BCUT2D eigenvalue weighted by Gasteiger charge is 2.20. The van der Waals surface area contributed by atoms with Crippen LogP contribution in [0.25, 0.3) is 27.5 Å². The summed E-state index contributed by atoms with van der Waals surface area (Å²) in [4.78, 5) is 7.25. The summed E-state index contributed by atoms with van der Waals surface area (Å²) in [5.41, 5.74) is 11.8. The van der Waals surface area contributed by atoms with Gasteiger partial charge in [-0.3, -0.25) is 4.40 Å². The van der Waals surface area contributed by atoms with Crippen LogP contribution in [0.3, 0.4) is 0 Å². The van der Waals surface area contributed by atoms with Crippen LogP contribution in [0.5, 0.6) is 0 Å². The van der Waals surface area contributed by atoms with E-state index in [1.807, 2.05) is 12.1 Å². The first-order valence-corrected chi connectivity index (χ1v) is 8.93. The molecule has 24 heavy (non-hydrogen) atoms. The highest BCUT2D eigenvalue weighted by molar-refractivity contribution is 7.17. The molecule has 0 aliphatic carbocycles. The number of rotatable bonds is 4. The van der Waals surface area contributed by atoms with Gasteiger partial charge in [-0.1, -0.05) is 60.7 Å². The van der Waals surface area contributed by atoms with E-state index < -0.39 is 0 Å². The second-order valence-corrected chi connectivity index (χ2v) is 6.98. The molecule has 0 atom stereocenters. The molecular formula is C20H19N3S. The van der Waals surface area contributed by atoms with Gasteiger partial charge in [-0.2, -0.15) is 0 Å². The predicted molar refractivity (Wildman–Crippen MR) is 101 cm³/mol. The Labute approximate surface area is 145 Å². The van der Waals surface area contributed by atoms with Crippen molar-refractivity contribution in [1.29, 1.82) is 0 Å². The number of aryl methyl sites for hydroxylation is 1. The van der Waals surface area contributed by atoms with Gasteiger partial charge in [-0.05, 0) is 19.0 Å². The fourth-order valence-corrected chi connectivity index (χ4v) is 4.21. The van der Waals surface area contributed by atoms with E-state index in [-0.39, 0.29) is 0 Å². The molecule has 0 aliphatic heterocycles. The second kappa shape index (κ2) is 6.23. The third kappa shape index (κ3) is 2.44. The van der Waals surface area contributed by atoms with Gasteiger partial charge in [0.05, 0.1) is 17.1 Å². The maximum Gasteiger partial charge on any atom is 0.195 e. The Balaban J connectivity index is 2.01. The Hall–Kier alpha value is -2.43. The Morgan fingerprint density at radius 3 is 2.21 bits per heavy atom. The standard InChI is InChI=1S/C20H19N3S/c1-14-19(16-10-6-3-7-11-16)23-17(12-13-21)18(22-20(23)24-14)15-8-4-2-5-9-15/h2-11H,12-13,21H2,1H3. The number of thiazole rings is 1. The number of imidazole rings is 1. The highest BCUT2D eigenvalue weighted by atomic mass is 32.1. The average molecular weight is 333 g/mol. The number of benzene rings is 2. The zero-order valence-electron chi connectivity index (χ0n) is 13.6. The quantitative estimate of drug-likeness (QED) is 0.596. The van der Waals surface area contributed by atoms with E-state index in [4.69, 9.17) is 10.7 Å². The van der Waals surface area contributed by atoms with E-state index in [0.29, 0.717) is 6.54 Å². The third-order valence-electron chi connectivity index (χ3n) is 4.22. The number of fused-ring (bicyclic) bond motifs is 1. The Morgan fingerprint density at radius 1 is 0.958 bits per heavy atom. The fraction of sp³-hybridized carbons (Fsp3) is 0.150. The van der Waals surface area contributed by atoms with Gasteiger partial charge in [0.2, 0.25) is 0 Å². The van der Waals surface area contributed by atoms with Crippen LogP contribution in [-0.4, -0.2) is 15.9 Å². The summed E-state index contributed by atoms with van der Waals surface area (Å²) in [5.74, 6) is 0. The molecule has 2 heterocycles. The molecule has 2 N–H and O–H groups in total. The van der Waals surface area contributed by atoms with Crippen LogP contribution in [0.2, 0.25) is 0 Å². The molecule has 0 amide bonds. The van der Waals surface area contributed by atoms with Gasteiger partial charge in [-0.15, -0.1) is 11.3 Å². The Kier molecular flexibility index (Phi) is 3.92. The molecule has 0 bridgehead atoms. The minimum atomic E-state index is 0.608. The van der Waals surface area contributed by atoms with Crippen molar-refractivity contribution in [2.75, 3.05) is 6.54 Å². The molecule has 2 aromatic heterocycles. The van der Waals surface area contributed by atoms with Crippen molar-refractivity contribution in [1.82, 2.24) is 9.38 Å². The van der Waals surface area contributed by atoms with Crippen molar-refractivity contribution in [3.63, 3.8) is 0 Å². The van der Waals surface area contributed by atoms with E-state index >= 15 is 0 Å². The lowest BCUT2D eigenvalue weighted by Crippen LogP contribution is -2.07. The summed E-state index contributed by atoms with van der Waals surface area (Å²) in [6, 6.07) is 20.9. The molecule has 3 nitrogen and oxygen atoms in total. The molecule has 2 aromatic carbocycles. The van der Waals surface area contributed by atoms with Gasteiger partial charge in [-0.25, -0.2) is 4.98 Å². The summed E-state index contributed by atoms with van der Waals surface area (Å²) < 4.78 is 2.30. The summed E-state index contributed by atoms with van der Waals surface area (Å²) in [5, 5.41) is 0. The topological polar surface area (TPSA) is 43.3 Å². The van der Waals surface area contributed by atoms with Gasteiger partial charge in [0, 0.05) is 16.9 Å². The molecule has 0 aliphatic rings. The largest absolute Gasteiger partial charge is 0.330 e. The molecule has 0 saturated carbocycles. The van der Waals surface area contributed by atoms with Gasteiger partial charge in [0.15, 0.2) is 4.96 Å². The molecule has 0 fully saturated rings. The summed E-state index contributed by atoms with van der Waals surface area (Å²) in [6.45, 7) is 2.77. The monoisotopic (exact) mass is 333 g/mol. The number of nitrogens with zero attached hydrogens (tertiary/aromatic N) is 2. The van der Waals surface area contributed by atoms with Crippen LogP contribution >= 0.6 is 11.3 Å². The van der Waals surface area contributed by atoms with Crippen LogP contribution in [0, 0.1) is 6.92 Å². The number of aromatic nitrogens is 2. The Bertz CT molecular complexity index is 968. The first-order valence-electron chi connectivity index (χ1n) is 8.11. The molecule has 4 rings (SSSR count). The minimum absolute atomic E-state index is 0.608. The molecule has 0 spiro atoms. The van der Waals surface area contributed by atoms with E-state index in [1.54, 1.807) is 11.3 Å². The molecule has 0 radical (unpaired) electrons. The van der Waals surface area contributed by atoms with E-state index in [2.05, 4.69) is 59.9 Å². The average Bonchev–Trinajstić information content (AvgIpc) is 3.12. The van der Waals surface area contributed by atoms with Crippen molar-refractivity contribution < 1.29 is 0 Å². The lowest BCUT2D eigenvalue weighted by Gasteiger charge is -2.08. The van der Waals surface area contributed by atoms with Gasteiger partial charge in [0.25, 0.3) is 0 Å². The molecule has 0 saturated heterocycles. The number of hydrogen-bond acceptors (Lipinski definition) is 3. The molecular weight excluding hydrogens is 314 g/mol. The van der Waals surface area contributed by atoms with Crippen LogP contribution in [-0.2, 0) is 6.42 Å². The smallest absolute Gasteiger partial charge is 0.195 e. The molecule has 120 valence electrons. The Morgan fingerprint density at radius 2 is 1.58 bits per heavy atom. The normalized spacial score (nSPS) is 11.2. The summed E-state index contributed by atoms with van der Waals surface area (Å²) in [7, 11) is 0. The second-order valence-electron chi connectivity index (χ2n) is 5.80. The lowest BCUT2D eigenvalue weighted by atomic mass is 10.1. The zero-order chi connectivity index (χ0) is 16.5. The third-order valence-corrected chi connectivity index (χ3v) is 5.18. The maximum atomic E-state index is 5.92. The highest BCUT2D eigenvalue weighted by Crippen LogP contribution is 2.36. The van der Waals surface area contributed by atoms with E-state index in [9.17, 15) is 0 Å². The van der Waals surface area contributed by atoms with Crippen LogP contribution in [0.15, 0.2) is 60.7 Å². The summed E-state index contributed by atoms with van der Waals surface area (Å²) >= 11 is 1.74. The van der Waals surface area contributed by atoms with Crippen molar-refractivity contribution in [2.45, 2.75) is 13.3 Å². The van der Waals surface area contributed by atoms with E-state index in [0.717, 1.165) is 22.6 Å². The molecule has 4 heteroatoms. The van der Waals surface area contributed by atoms with E-state index in [1.165, 1.54) is 21.8 Å². The van der Waals surface area contributed by atoms with Crippen LogP contribution < -0.4 is 5.73 Å². The first kappa shape index (κ1) is 15.1. The van der Waals surface area contributed by atoms with Crippen LogP contribution in [0.1, 0.15) is 10.6 Å². The van der Waals surface area contributed by atoms with Crippen molar-refractivity contribution in [3.8, 4) is 22.5 Å². The minimum Gasteiger partial charge on any atom is -0.330 e. The van der Waals surface area contributed by atoms with Crippen LogP contribution in [0.4, 0.5) is 0 Å². The van der Waals surface area contributed by atoms with Gasteiger partial charge in [0.1, 0.15) is 0 Å². The maximum absolute atomic E-state index is 5.92.